The number of ether oxygens (including phenoxy) is 8. The number of carbonyl (C=O) groups excluding carboxylic acids is 1. The number of allylic oxidation sites excluding steroid dienone is 2. The number of rotatable bonds is 11. The average molecular weight is 1090 g/mol. The highest BCUT2D eigenvalue weighted by Crippen LogP contribution is 2.76. The summed E-state index contributed by atoms with van der Waals surface area (Å²) in [4.78, 5) is 15.1. The van der Waals surface area contributed by atoms with Crippen LogP contribution in [-0.2, 0) is 42.7 Å². The van der Waals surface area contributed by atoms with Crippen molar-refractivity contribution in [2.45, 2.75) is 249 Å². The van der Waals surface area contributed by atoms with Gasteiger partial charge in [-0.3, -0.25) is 4.79 Å². The van der Waals surface area contributed by atoms with Crippen LogP contribution < -0.4 is 0 Å². The highest BCUT2D eigenvalue weighted by atomic mass is 16.8. The van der Waals surface area contributed by atoms with Crippen molar-refractivity contribution in [2.75, 3.05) is 19.8 Å². The minimum Gasteiger partial charge on any atom is -0.432 e. The number of carbonyl (C=O) groups is 1. The van der Waals surface area contributed by atoms with Crippen LogP contribution in [0.15, 0.2) is 11.6 Å². The molecule has 8 fully saturated rings. The summed E-state index contributed by atoms with van der Waals surface area (Å²) in [5.74, 6) is -0.332. The summed E-state index contributed by atoms with van der Waals surface area (Å²) in [6, 6.07) is 0. The van der Waals surface area contributed by atoms with Crippen LogP contribution in [0, 0.1) is 50.2 Å². The van der Waals surface area contributed by atoms with E-state index in [0.717, 1.165) is 32.1 Å². The van der Waals surface area contributed by atoms with Crippen LogP contribution in [-0.4, -0.2) is 221 Å². The third-order valence-electron chi connectivity index (χ3n) is 21.4. The van der Waals surface area contributed by atoms with Crippen LogP contribution in [0.3, 0.4) is 0 Å². The normalized spacial score (nSPS) is 54.0. The Morgan fingerprint density at radius 1 is 0.579 bits per heavy atom. The number of aliphatic hydroxyl groups is 13. The van der Waals surface area contributed by atoms with Gasteiger partial charge in [-0.05, 0) is 116 Å². The molecule has 28 atom stereocenters. The smallest absolute Gasteiger partial charge is 0.315 e. The molecule has 0 amide bonds. The Morgan fingerprint density at radius 2 is 1.14 bits per heavy atom. The monoisotopic (exact) mass is 1090 g/mol. The maximum atomic E-state index is 15.1. The number of hydrogen-bond acceptors (Lipinski definition) is 22. The van der Waals surface area contributed by atoms with E-state index >= 15 is 4.79 Å². The van der Waals surface area contributed by atoms with Crippen LogP contribution >= 0.6 is 0 Å². The lowest BCUT2D eigenvalue weighted by Gasteiger charge is -2.71. The molecule has 9 rings (SSSR count). The second-order valence-electron chi connectivity index (χ2n) is 26.3. The Balaban J connectivity index is 0.892. The Kier molecular flexibility index (Phi) is 16.6. The third kappa shape index (κ3) is 9.57. The molecule has 0 spiro atoms. The van der Waals surface area contributed by atoms with Crippen molar-refractivity contribution in [1.29, 1.82) is 0 Å². The largest absolute Gasteiger partial charge is 0.432 e. The van der Waals surface area contributed by atoms with Gasteiger partial charge in [-0.25, -0.2) is 0 Å². The first kappa shape index (κ1) is 59.0. The van der Waals surface area contributed by atoms with Crippen molar-refractivity contribution < 1.29 is 109 Å². The van der Waals surface area contributed by atoms with Crippen molar-refractivity contribution in [1.82, 2.24) is 0 Å². The fourth-order valence-electron chi connectivity index (χ4n) is 16.4. The van der Waals surface area contributed by atoms with Crippen molar-refractivity contribution >= 4 is 5.97 Å². The average Bonchev–Trinajstić information content (AvgIpc) is 3.55. The standard InChI is InChI=1S/C54H88O22/c1-23-32(57)35(60)39(64)45(70-23)75-43-27(21-56)72-44(42(67)38(43)63)69-22-28-34(59)37(62)41(66)47(73-28)76-48(68)54-17-15-49(2,3)19-25(54)24-9-10-30-51(6)13-12-31(74-46-40(65)36(61)33(58)26(20-55)71-46)50(4,5)29(51)11-14-53(30,8)52(24,7)16-18-54/h9,23,25-47,55-67H,10-22H2,1-8H3/t23-,25-,26+,27+,28+,29-,30+,31-,32-,33+,34+,35+,36-,37-,38+,39+,40+,41+,42+,43+,44+,45-,46-,47-,51-,52+,53+,54-/m0/s1. The molecular weight excluding hydrogens is 1000 g/mol. The van der Waals surface area contributed by atoms with Crippen LogP contribution in [0.4, 0.5) is 0 Å². The Hall–Kier alpha value is -1.59. The van der Waals surface area contributed by atoms with Crippen LogP contribution in [0.25, 0.3) is 0 Å². The van der Waals surface area contributed by atoms with Gasteiger partial charge in [-0.15, -0.1) is 0 Å². The molecule has 4 heterocycles. The van der Waals surface area contributed by atoms with E-state index in [-0.39, 0.29) is 50.9 Å². The van der Waals surface area contributed by atoms with Gasteiger partial charge in [0.1, 0.15) is 91.6 Å². The van der Waals surface area contributed by atoms with E-state index in [2.05, 4.69) is 54.5 Å². The Labute approximate surface area is 444 Å². The molecule has 22 nitrogen and oxygen atoms in total. The summed E-state index contributed by atoms with van der Waals surface area (Å²) < 4.78 is 47.2. The number of esters is 1. The summed E-state index contributed by atoms with van der Waals surface area (Å²) >= 11 is 0. The molecule has 0 unspecified atom stereocenters. The van der Waals surface area contributed by atoms with E-state index in [1.165, 1.54) is 12.5 Å². The van der Waals surface area contributed by atoms with Gasteiger partial charge < -0.3 is 104 Å². The minimum absolute atomic E-state index is 0.126. The lowest BCUT2D eigenvalue weighted by Crippen LogP contribution is -2.66. The second-order valence-corrected chi connectivity index (χ2v) is 26.3. The zero-order valence-corrected chi connectivity index (χ0v) is 45.1. The summed E-state index contributed by atoms with van der Waals surface area (Å²) in [6.07, 6.45) is -22.0. The van der Waals surface area contributed by atoms with Crippen molar-refractivity contribution in [2.24, 2.45) is 50.2 Å². The zero-order valence-electron chi connectivity index (χ0n) is 45.1. The maximum absolute atomic E-state index is 15.1. The van der Waals surface area contributed by atoms with Gasteiger partial charge in [-0.2, -0.15) is 0 Å². The quantitative estimate of drug-likeness (QED) is 0.0670. The lowest BCUT2D eigenvalue weighted by molar-refractivity contribution is -0.361. The van der Waals surface area contributed by atoms with E-state index in [4.69, 9.17) is 37.9 Å². The summed E-state index contributed by atoms with van der Waals surface area (Å²) in [5.41, 5.74) is -0.887. The highest BCUT2D eigenvalue weighted by molar-refractivity contribution is 5.79. The molecule has 13 N–H and O–H groups in total. The fraction of sp³-hybridized carbons (Fsp3) is 0.944. The van der Waals surface area contributed by atoms with Crippen molar-refractivity contribution in [3.8, 4) is 0 Å². The fourth-order valence-corrected chi connectivity index (χ4v) is 16.4. The molecule has 0 radical (unpaired) electrons. The van der Waals surface area contributed by atoms with Gasteiger partial charge in [0.25, 0.3) is 0 Å². The summed E-state index contributed by atoms with van der Waals surface area (Å²) in [7, 11) is 0. The van der Waals surface area contributed by atoms with Crippen molar-refractivity contribution in [3.05, 3.63) is 11.6 Å². The molecule has 22 heteroatoms. The van der Waals surface area contributed by atoms with E-state index in [1.54, 1.807) is 0 Å². The molecule has 76 heavy (non-hydrogen) atoms. The molecule has 4 saturated carbocycles. The zero-order chi connectivity index (χ0) is 55.6. The first-order valence-electron chi connectivity index (χ1n) is 27.7. The van der Waals surface area contributed by atoms with Gasteiger partial charge in [0.05, 0.1) is 37.4 Å². The first-order valence-corrected chi connectivity index (χ1v) is 27.7. The van der Waals surface area contributed by atoms with Crippen LogP contribution in [0.5, 0.6) is 0 Å². The van der Waals surface area contributed by atoms with Crippen molar-refractivity contribution in [3.63, 3.8) is 0 Å². The number of hydrogen-bond donors (Lipinski definition) is 13. The topological polar surface area (TPSA) is 354 Å². The molecule has 436 valence electrons. The number of fused-ring (bicyclic) bond motifs is 7. The predicted octanol–water partition coefficient (Wildman–Crippen LogP) is -1.01. The molecular formula is C54H88O22. The van der Waals surface area contributed by atoms with Crippen LogP contribution in [0.2, 0.25) is 0 Å². The van der Waals surface area contributed by atoms with E-state index < -0.39 is 154 Å². The molecule has 4 saturated heterocycles. The third-order valence-corrected chi connectivity index (χ3v) is 21.4. The predicted molar refractivity (Wildman–Crippen MR) is 261 cm³/mol. The van der Waals surface area contributed by atoms with E-state index in [9.17, 15) is 66.4 Å². The van der Waals surface area contributed by atoms with Gasteiger partial charge >= 0.3 is 5.97 Å². The highest BCUT2D eigenvalue weighted by Gasteiger charge is 2.70. The van der Waals surface area contributed by atoms with Crippen LogP contribution in [0.1, 0.15) is 120 Å². The lowest BCUT2D eigenvalue weighted by atomic mass is 9.33. The minimum atomic E-state index is -1.87. The molecule has 0 aromatic heterocycles. The molecule has 0 bridgehead atoms. The molecule has 5 aliphatic carbocycles. The van der Waals surface area contributed by atoms with Gasteiger partial charge in [0.2, 0.25) is 6.29 Å². The molecule has 0 aromatic carbocycles. The van der Waals surface area contributed by atoms with E-state index in [0.29, 0.717) is 32.1 Å². The van der Waals surface area contributed by atoms with Gasteiger partial charge in [0.15, 0.2) is 18.9 Å². The summed E-state index contributed by atoms with van der Waals surface area (Å²) in [6.45, 7) is 15.5. The van der Waals surface area contributed by atoms with Gasteiger partial charge in [-0.1, -0.05) is 60.1 Å². The number of aliphatic hydroxyl groups excluding tert-OH is 13. The second kappa shape index (κ2) is 21.3. The van der Waals surface area contributed by atoms with E-state index in [1.807, 2.05) is 0 Å². The molecule has 4 aliphatic heterocycles. The Morgan fingerprint density at radius 3 is 1.80 bits per heavy atom. The maximum Gasteiger partial charge on any atom is 0.315 e. The first-order chi connectivity index (χ1) is 35.5. The Bertz CT molecular complexity index is 2090. The summed E-state index contributed by atoms with van der Waals surface area (Å²) in [5, 5.41) is 139. The molecule has 9 aliphatic rings. The SMILES string of the molecule is C[C@@H]1O[C@@H](O[C@H]2[C@H](O)[C@@H](O)[C@H](OC[C@H]3O[C@@H](OC(=O)[C@]45CCC(C)(C)C[C@H]4C4=CC[C@@H]6[C@@]7(C)CC[C@H](O[C@@H]8O[C@H](CO)[C@@H](O)[C@H](O)[C@H]8O)C(C)(C)[C@@H]7CC[C@@]6(C)[C@]4(C)CC5)[C@H](O)[C@@H](O)[C@@H]3O)O[C@@H]2CO)[C@H](O)[C@H](O)[C@H]1O. The molecule has 0 aromatic rings. The van der Waals surface area contributed by atoms with Gasteiger partial charge in [0, 0.05) is 0 Å².